The first-order chi connectivity index (χ1) is 16.6. The van der Waals surface area contributed by atoms with E-state index in [-0.39, 0.29) is 17.4 Å². The van der Waals surface area contributed by atoms with Gasteiger partial charge < -0.3 is 20.1 Å². The standard InChI is InChI=1S/C21H23F4N7O3/c1-20(5-6-20)29-19(33)35-13-3-2-11(17(13)22)12-8-14(31-30-12)27-18-26-7-4-15-28-16(9-32(15)18)34-10-21(23,24)25/h4,7-9,11,13,17H,2-3,5-6,10H2,1H3,(H,29,33)(H2,26,27,30,31)/t11-,13-,17-/m0/s1. The lowest BCUT2D eigenvalue weighted by Gasteiger charge is -2.19. The molecule has 0 aliphatic heterocycles. The summed E-state index contributed by atoms with van der Waals surface area (Å²) in [7, 11) is 0. The van der Waals surface area contributed by atoms with E-state index in [1.54, 1.807) is 6.07 Å². The second-order valence-corrected chi connectivity index (χ2v) is 9.07. The number of hydrogen-bond acceptors (Lipinski definition) is 7. The topological polar surface area (TPSA) is 118 Å². The van der Waals surface area contributed by atoms with E-state index < -0.39 is 37.1 Å². The third-order valence-corrected chi connectivity index (χ3v) is 6.14. The Kier molecular flexibility index (Phi) is 5.68. The predicted octanol–water partition coefficient (Wildman–Crippen LogP) is 4.00. The number of imidazole rings is 1. The minimum atomic E-state index is -4.49. The highest BCUT2D eigenvalue weighted by Gasteiger charge is 2.43. The molecule has 0 aromatic carbocycles. The second-order valence-electron chi connectivity index (χ2n) is 9.07. The van der Waals surface area contributed by atoms with Crippen molar-refractivity contribution < 1.29 is 31.8 Å². The summed E-state index contributed by atoms with van der Waals surface area (Å²) in [5.74, 6) is -0.197. The molecule has 10 nitrogen and oxygen atoms in total. The van der Waals surface area contributed by atoms with Crippen molar-refractivity contribution in [2.75, 3.05) is 11.9 Å². The fraction of sp³-hybridized carbons (Fsp3) is 0.524. The van der Waals surface area contributed by atoms with Gasteiger partial charge in [-0.25, -0.2) is 14.2 Å². The van der Waals surface area contributed by atoms with Gasteiger partial charge in [-0.1, -0.05) is 0 Å². The molecule has 188 valence electrons. The van der Waals surface area contributed by atoms with Crippen molar-refractivity contribution in [2.45, 2.75) is 62.5 Å². The van der Waals surface area contributed by atoms with Crippen molar-refractivity contribution in [3.8, 4) is 5.88 Å². The summed E-state index contributed by atoms with van der Waals surface area (Å²) in [5, 5.41) is 12.6. The van der Waals surface area contributed by atoms with Gasteiger partial charge in [0.15, 0.2) is 12.4 Å². The van der Waals surface area contributed by atoms with E-state index >= 15 is 4.39 Å². The van der Waals surface area contributed by atoms with Crippen LogP contribution >= 0.6 is 0 Å². The molecule has 2 aliphatic carbocycles. The Morgan fingerprint density at radius 2 is 2.14 bits per heavy atom. The van der Waals surface area contributed by atoms with Crippen LogP contribution in [-0.2, 0) is 4.74 Å². The van der Waals surface area contributed by atoms with Crippen LogP contribution < -0.4 is 15.4 Å². The summed E-state index contributed by atoms with van der Waals surface area (Å²) in [6.45, 7) is 0.445. The Hall–Kier alpha value is -3.58. The molecule has 0 spiro atoms. The van der Waals surface area contributed by atoms with Crippen molar-refractivity contribution in [1.29, 1.82) is 0 Å². The van der Waals surface area contributed by atoms with Crippen molar-refractivity contribution >= 4 is 23.5 Å². The molecule has 35 heavy (non-hydrogen) atoms. The van der Waals surface area contributed by atoms with E-state index in [0.717, 1.165) is 12.8 Å². The molecule has 2 aliphatic rings. The van der Waals surface area contributed by atoms with Gasteiger partial charge >= 0.3 is 12.3 Å². The first-order valence-electron chi connectivity index (χ1n) is 11.1. The number of carbonyl (C=O) groups excluding carboxylic acids is 1. The average Bonchev–Trinajstić information content (AvgIpc) is 3.14. The van der Waals surface area contributed by atoms with Crippen molar-refractivity contribution in [2.24, 2.45) is 0 Å². The number of anilines is 2. The number of alkyl carbamates (subject to hydrolysis) is 1. The molecule has 0 saturated heterocycles. The number of amides is 1. The normalized spacial score (nSPS) is 23.3. The molecule has 14 heteroatoms. The Balaban J connectivity index is 1.24. The number of hydrogen-bond donors (Lipinski definition) is 3. The van der Waals surface area contributed by atoms with Crippen molar-refractivity contribution in [1.82, 2.24) is 29.9 Å². The smallest absolute Gasteiger partial charge is 0.422 e. The van der Waals surface area contributed by atoms with E-state index in [4.69, 9.17) is 9.47 Å². The highest BCUT2D eigenvalue weighted by molar-refractivity contribution is 5.69. The minimum Gasteiger partial charge on any atom is -0.467 e. The summed E-state index contributed by atoms with van der Waals surface area (Å²) < 4.78 is 63.8. The van der Waals surface area contributed by atoms with Crippen LogP contribution in [0.15, 0.2) is 24.5 Å². The quantitative estimate of drug-likeness (QED) is 0.422. The predicted molar refractivity (Wildman–Crippen MR) is 114 cm³/mol. The zero-order valence-electron chi connectivity index (χ0n) is 18.6. The van der Waals surface area contributed by atoms with Crippen LogP contribution in [0.25, 0.3) is 5.65 Å². The Bertz CT molecular complexity index is 1220. The molecule has 3 heterocycles. The van der Waals surface area contributed by atoms with Gasteiger partial charge in [0.05, 0.1) is 6.20 Å². The van der Waals surface area contributed by atoms with Gasteiger partial charge in [-0.3, -0.25) is 9.50 Å². The summed E-state index contributed by atoms with van der Waals surface area (Å²) in [6.07, 6.45) is -2.04. The molecule has 3 aromatic rings. The molecule has 1 amide bonds. The molecule has 2 fully saturated rings. The van der Waals surface area contributed by atoms with Crippen molar-refractivity contribution in [3.63, 3.8) is 0 Å². The fourth-order valence-corrected chi connectivity index (χ4v) is 4.02. The summed E-state index contributed by atoms with van der Waals surface area (Å²) in [4.78, 5) is 20.2. The van der Waals surface area contributed by atoms with Crippen molar-refractivity contribution in [3.05, 3.63) is 30.2 Å². The number of aromatic amines is 1. The zero-order valence-corrected chi connectivity index (χ0v) is 18.6. The van der Waals surface area contributed by atoms with Gasteiger partial charge in [-0.15, -0.1) is 0 Å². The number of carbonyl (C=O) groups is 1. The number of alkyl halides is 4. The Morgan fingerprint density at radius 1 is 1.34 bits per heavy atom. The maximum atomic E-state index is 15.1. The molecule has 0 radical (unpaired) electrons. The SMILES string of the molecule is CC1(NC(=O)O[C@H]2CC[C@@H](c3cc(Nc4nccc5nc(OCC(F)(F)F)cn45)n[nH]3)[C@@H]2F)CC1. The van der Waals surface area contributed by atoms with Gasteiger partial charge in [0.25, 0.3) is 0 Å². The van der Waals surface area contributed by atoms with Crippen LogP contribution in [0.5, 0.6) is 5.88 Å². The molecule has 0 unspecified atom stereocenters. The van der Waals surface area contributed by atoms with Gasteiger partial charge in [-0.05, 0) is 38.7 Å². The number of nitrogens with one attached hydrogen (secondary N) is 3. The summed E-state index contributed by atoms with van der Waals surface area (Å²) in [5.41, 5.74) is 0.586. The van der Waals surface area contributed by atoms with Crippen LogP contribution in [0.1, 0.15) is 44.2 Å². The number of H-pyrrole nitrogens is 1. The molecular formula is C21H23F4N7O3. The summed E-state index contributed by atoms with van der Waals surface area (Å²) >= 11 is 0. The maximum Gasteiger partial charge on any atom is 0.422 e. The number of aromatic nitrogens is 5. The van der Waals surface area contributed by atoms with E-state index in [1.807, 2.05) is 6.92 Å². The van der Waals surface area contributed by atoms with Crippen LogP contribution in [0.2, 0.25) is 0 Å². The number of fused-ring (bicyclic) bond motifs is 1. The highest BCUT2D eigenvalue weighted by atomic mass is 19.4. The van der Waals surface area contributed by atoms with Crippen LogP contribution in [0, 0.1) is 0 Å². The second kappa shape index (κ2) is 8.57. The Labute approximate surface area is 196 Å². The number of halogens is 4. The molecule has 2 saturated carbocycles. The van der Waals surface area contributed by atoms with Crippen LogP contribution in [-0.4, -0.2) is 61.3 Å². The third kappa shape index (κ3) is 5.25. The lowest BCUT2D eigenvalue weighted by Crippen LogP contribution is -2.38. The minimum absolute atomic E-state index is 0.210. The molecule has 3 atom stereocenters. The zero-order chi connectivity index (χ0) is 24.8. The third-order valence-electron chi connectivity index (χ3n) is 6.14. The van der Waals surface area contributed by atoms with E-state index in [2.05, 4.69) is 30.8 Å². The maximum absolute atomic E-state index is 15.1. The molecule has 3 N–H and O–H groups in total. The fourth-order valence-electron chi connectivity index (χ4n) is 4.02. The molecule has 5 rings (SSSR count). The van der Waals surface area contributed by atoms with Gasteiger partial charge in [-0.2, -0.15) is 23.3 Å². The average molecular weight is 497 g/mol. The van der Waals surface area contributed by atoms with E-state index in [0.29, 0.717) is 30.0 Å². The number of ether oxygens (including phenoxy) is 2. The van der Waals surface area contributed by atoms with Crippen LogP contribution in [0.3, 0.4) is 0 Å². The summed E-state index contributed by atoms with van der Waals surface area (Å²) in [6, 6.07) is 3.12. The van der Waals surface area contributed by atoms with Crippen LogP contribution in [0.4, 0.5) is 34.1 Å². The lowest BCUT2D eigenvalue weighted by atomic mass is 10.0. The first-order valence-corrected chi connectivity index (χ1v) is 11.1. The monoisotopic (exact) mass is 497 g/mol. The van der Waals surface area contributed by atoms with Gasteiger partial charge in [0.2, 0.25) is 11.8 Å². The number of nitrogens with zero attached hydrogens (tertiary/aromatic N) is 4. The van der Waals surface area contributed by atoms with Gasteiger partial charge in [0, 0.05) is 29.4 Å². The lowest BCUT2D eigenvalue weighted by molar-refractivity contribution is -0.154. The van der Waals surface area contributed by atoms with E-state index in [9.17, 15) is 18.0 Å². The first kappa shape index (κ1) is 23.2. The number of rotatable bonds is 7. The molecular weight excluding hydrogens is 474 g/mol. The Morgan fingerprint density at radius 3 is 2.89 bits per heavy atom. The highest BCUT2D eigenvalue weighted by Crippen LogP contribution is 2.39. The molecule has 0 bridgehead atoms. The van der Waals surface area contributed by atoms with Gasteiger partial charge in [0.1, 0.15) is 17.9 Å². The molecule has 3 aromatic heterocycles. The van der Waals surface area contributed by atoms with E-state index in [1.165, 1.54) is 22.9 Å². The largest absolute Gasteiger partial charge is 0.467 e.